The van der Waals surface area contributed by atoms with E-state index in [1.807, 2.05) is 17.5 Å². The third kappa shape index (κ3) is 9.71. The van der Waals surface area contributed by atoms with E-state index in [1.54, 1.807) is 7.11 Å². The van der Waals surface area contributed by atoms with Crippen molar-refractivity contribution >= 4 is 17.1 Å². The van der Waals surface area contributed by atoms with Crippen LogP contribution in [0.25, 0.3) is 0 Å². The SMILES string of the molecule is COCCOCCOCCOCCCC(=O)c1cccs1. The first-order valence-corrected chi connectivity index (χ1v) is 8.01. The second kappa shape index (κ2) is 12.9. The third-order valence-electron chi connectivity index (χ3n) is 2.66. The fraction of sp³-hybridized carbons (Fsp3) is 0.667. The van der Waals surface area contributed by atoms with Crippen molar-refractivity contribution in [1.82, 2.24) is 0 Å². The van der Waals surface area contributed by atoms with Gasteiger partial charge in [-0.15, -0.1) is 11.3 Å². The first-order chi connectivity index (χ1) is 10.3. The molecule has 0 unspecified atom stereocenters. The van der Waals surface area contributed by atoms with Crippen LogP contribution in [0.15, 0.2) is 17.5 Å². The van der Waals surface area contributed by atoms with E-state index in [0.717, 1.165) is 11.3 Å². The lowest BCUT2D eigenvalue weighted by atomic mass is 10.2. The van der Waals surface area contributed by atoms with Gasteiger partial charge < -0.3 is 18.9 Å². The minimum absolute atomic E-state index is 0.193. The van der Waals surface area contributed by atoms with Crippen molar-refractivity contribution in [3.63, 3.8) is 0 Å². The number of carbonyl (C=O) groups is 1. The van der Waals surface area contributed by atoms with Crippen LogP contribution >= 0.6 is 11.3 Å². The molecule has 120 valence electrons. The molecule has 1 rings (SSSR count). The summed E-state index contributed by atoms with van der Waals surface area (Å²) in [5.74, 6) is 0.193. The van der Waals surface area contributed by atoms with Crippen LogP contribution in [0.2, 0.25) is 0 Å². The molecule has 6 heteroatoms. The number of carbonyl (C=O) groups excluding carboxylic acids is 1. The molecule has 0 aliphatic heterocycles. The van der Waals surface area contributed by atoms with Gasteiger partial charge in [-0.1, -0.05) is 6.07 Å². The molecular formula is C15H24O5S. The molecule has 1 aromatic heterocycles. The molecule has 0 saturated carbocycles. The summed E-state index contributed by atoms with van der Waals surface area (Å²) in [6, 6.07) is 3.75. The van der Waals surface area contributed by atoms with Gasteiger partial charge in [0, 0.05) is 20.1 Å². The molecule has 0 aliphatic rings. The number of hydrogen-bond donors (Lipinski definition) is 0. The van der Waals surface area contributed by atoms with Crippen molar-refractivity contribution in [2.75, 3.05) is 53.4 Å². The summed E-state index contributed by atoms with van der Waals surface area (Å²) in [5, 5.41) is 1.92. The van der Waals surface area contributed by atoms with Crippen LogP contribution in [0.1, 0.15) is 22.5 Å². The Morgan fingerprint density at radius 3 is 2.19 bits per heavy atom. The normalized spacial score (nSPS) is 10.9. The highest BCUT2D eigenvalue weighted by Crippen LogP contribution is 2.12. The summed E-state index contributed by atoms with van der Waals surface area (Å²) < 4.78 is 20.9. The van der Waals surface area contributed by atoms with Gasteiger partial charge in [0.1, 0.15) is 0 Å². The van der Waals surface area contributed by atoms with Gasteiger partial charge in [0.2, 0.25) is 0 Å². The smallest absolute Gasteiger partial charge is 0.172 e. The highest BCUT2D eigenvalue weighted by molar-refractivity contribution is 7.12. The van der Waals surface area contributed by atoms with Crippen molar-refractivity contribution in [3.05, 3.63) is 22.4 Å². The molecule has 0 radical (unpaired) electrons. The predicted molar refractivity (Wildman–Crippen MR) is 82.2 cm³/mol. The van der Waals surface area contributed by atoms with Gasteiger partial charge in [-0.3, -0.25) is 4.79 Å². The topological polar surface area (TPSA) is 54.0 Å². The Morgan fingerprint density at radius 2 is 1.62 bits per heavy atom. The van der Waals surface area contributed by atoms with Crippen LogP contribution in [0.5, 0.6) is 0 Å². The molecule has 0 saturated heterocycles. The van der Waals surface area contributed by atoms with Gasteiger partial charge in [0.15, 0.2) is 5.78 Å². The number of hydrogen-bond acceptors (Lipinski definition) is 6. The maximum absolute atomic E-state index is 11.7. The summed E-state index contributed by atoms with van der Waals surface area (Å²) in [6.45, 7) is 4.01. The Balaban J connectivity index is 1.80. The first kappa shape index (κ1) is 18.3. The molecule has 0 aliphatic carbocycles. The maximum atomic E-state index is 11.7. The zero-order chi connectivity index (χ0) is 15.2. The van der Waals surface area contributed by atoms with E-state index < -0.39 is 0 Å². The lowest BCUT2D eigenvalue weighted by molar-refractivity contribution is 0.00334. The van der Waals surface area contributed by atoms with E-state index in [9.17, 15) is 4.79 Å². The van der Waals surface area contributed by atoms with Crippen LogP contribution in [0, 0.1) is 0 Å². The Bertz CT molecular complexity index is 353. The van der Waals surface area contributed by atoms with Crippen LogP contribution in [-0.4, -0.2) is 59.1 Å². The predicted octanol–water partition coefficient (Wildman–Crippen LogP) is 2.41. The van der Waals surface area contributed by atoms with Crippen LogP contribution in [0.3, 0.4) is 0 Å². The summed E-state index contributed by atoms with van der Waals surface area (Å²) in [7, 11) is 1.64. The van der Waals surface area contributed by atoms with Crippen molar-refractivity contribution in [1.29, 1.82) is 0 Å². The quantitative estimate of drug-likeness (QED) is 0.390. The van der Waals surface area contributed by atoms with Gasteiger partial charge in [-0.2, -0.15) is 0 Å². The zero-order valence-corrected chi connectivity index (χ0v) is 13.4. The number of ether oxygens (including phenoxy) is 4. The lowest BCUT2D eigenvalue weighted by Crippen LogP contribution is -2.11. The molecule has 21 heavy (non-hydrogen) atoms. The second-order valence-corrected chi connectivity index (χ2v) is 5.28. The van der Waals surface area contributed by atoms with E-state index in [4.69, 9.17) is 18.9 Å². The second-order valence-electron chi connectivity index (χ2n) is 4.33. The number of rotatable bonds is 14. The van der Waals surface area contributed by atoms with Gasteiger partial charge in [-0.25, -0.2) is 0 Å². The van der Waals surface area contributed by atoms with Crippen LogP contribution in [-0.2, 0) is 18.9 Å². The standard InChI is InChI=1S/C15H24O5S/c1-17-7-8-19-11-12-20-10-9-18-6-2-4-14(16)15-5-3-13-21-15/h3,5,13H,2,4,6-12H2,1H3. The Labute approximate surface area is 130 Å². The van der Waals surface area contributed by atoms with Crippen LogP contribution < -0.4 is 0 Å². The summed E-state index contributed by atoms with van der Waals surface area (Å²) in [6.07, 6.45) is 1.28. The summed E-state index contributed by atoms with van der Waals surface area (Å²) in [4.78, 5) is 12.5. The number of Topliss-reactive ketones (excluding diaryl/α,β-unsaturated/α-hetero) is 1. The van der Waals surface area contributed by atoms with E-state index >= 15 is 0 Å². The first-order valence-electron chi connectivity index (χ1n) is 7.13. The number of methoxy groups -OCH3 is 1. The minimum atomic E-state index is 0.193. The minimum Gasteiger partial charge on any atom is -0.382 e. The molecule has 1 aromatic rings. The molecule has 0 atom stereocenters. The molecule has 1 heterocycles. The van der Waals surface area contributed by atoms with Gasteiger partial charge in [0.25, 0.3) is 0 Å². The number of ketones is 1. The molecule has 0 bridgehead atoms. The molecule has 5 nitrogen and oxygen atoms in total. The highest BCUT2D eigenvalue weighted by Gasteiger charge is 2.05. The van der Waals surface area contributed by atoms with Crippen LogP contribution in [0.4, 0.5) is 0 Å². The highest BCUT2D eigenvalue weighted by atomic mass is 32.1. The van der Waals surface area contributed by atoms with Gasteiger partial charge in [0.05, 0.1) is 44.5 Å². The third-order valence-corrected chi connectivity index (χ3v) is 3.58. The number of thiophene rings is 1. The Hall–Kier alpha value is -0.790. The zero-order valence-electron chi connectivity index (χ0n) is 12.5. The average molecular weight is 316 g/mol. The molecular weight excluding hydrogens is 292 g/mol. The Morgan fingerprint density at radius 1 is 1.00 bits per heavy atom. The molecule has 0 fully saturated rings. The van der Waals surface area contributed by atoms with Gasteiger partial charge in [-0.05, 0) is 17.9 Å². The van der Waals surface area contributed by atoms with Crippen molar-refractivity contribution < 1.29 is 23.7 Å². The monoisotopic (exact) mass is 316 g/mol. The largest absolute Gasteiger partial charge is 0.382 e. The van der Waals surface area contributed by atoms with Gasteiger partial charge >= 0.3 is 0 Å². The van der Waals surface area contributed by atoms with Crippen molar-refractivity contribution in [2.24, 2.45) is 0 Å². The van der Waals surface area contributed by atoms with E-state index in [2.05, 4.69) is 0 Å². The fourth-order valence-corrected chi connectivity index (χ4v) is 2.27. The van der Waals surface area contributed by atoms with E-state index in [-0.39, 0.29) is 5.78 Å². The summed E-state index contributed by atoms with van der Waals surface area (Å²) in [5.41, 5.74) is 0. The fourth-order valence-electron chi connectivity index (χ4n) is 1.58. The lowest BCUT2D eigenvalue weighted by Gasteiger charge is -2.06. The molecule has 0 N–H and O–H groups in total. The molecule has 0 aromatic carbocycles. The van der Waals surface area contributed by atoms with Crippen molar-refractivity contribution in [3.8, 4) is 0 Å². The average Bonchev–Trinajstić information content (AvgIpc) is 3.02. The maximum Gasteiger partial charge on any atom is 0.172 e. The molecule has 0 amide bonds. The van der Waals surface area contributed by atoms with E-state index in [0.29, 0.717) is 52.7 Å². The van der Waals surface area contributed by atoms with Crippen molar-refractivity contribution in [2.45, 2.75) is 12.8 Å². The molecule has 0 spiro atoms. The summed E-state index contributed by atoms with van der Waals surface area (Å²) >= 11 is 1.49. The Kier molecular flexibility index (Phi) is 11.2. The van der Waals surface area contributed by atoms with E-state index in [1.165, 1.54) is 11.3 Å².